The van der Waals surface area contributed by atoms with Gasteiger partial charge in [-0.05, 0) is 6.92 Å². The smallest absolute Gasteiger partial charge is 0.260 e. The van der Waals surface area contributed by atoms with E-state index in [0.717, 1.165) is 25.8 Å². The van der Waals surface area contributed by atoms with E-state index in [1.165, 1.54) is 0 Å². The van der Waals surface area contributed by atoms with Gasteiger partial charge in [0.1, 0.15) is 17.5 Å². The monoisotopic (exact) mass is 343 g/mol. The zero-order valence-electron chi connectivity index (χ0n) is 14.2. The van der Waals surface area contributed by atoms with Crippen molar-refractivity contribution < 1.29 is 14.3 Å². The number of carbonyl (C=O) groups is 1. The van der Waals surface area contributed by atoms with Crippen LogP contribution in [0.4, 0.5) is 0 Å². The molecular formula is C17H21N5O3. The molecule has 0 spiro atoms. The maximum absolute atomic E-state index is 12.8. The van der Waals surface area contributed by atoms with E-state index in [2.05, 4.69) is 15.1 Å². The van der Waals surface area contributed by atoms with E-state index < -0.39 is 0 Å². The number of piperidine rings is 1. The summed E-state index contributed by atoms with van der Waals surface area (Å²) in [4.78, 5) is 23.0. The summed E-state index contributed by atoms with van der Waals surface area (Å²) in [5, 5.41) is 4.26. The molecule has 8 nitrogen and oxygen atoms in total. The molecule has 25 heavy (non-hydrogen) atoms. The van der Waals surface area contributed by atoms with Gasteiger partial charge in [0, 0.05) is 51.2 Å². The van der Waals surface area contributed by atoms with Crippen LogP contribution in [-0.2, 0) is 6.54 Å². The van der Waals surface area contributed by atoms with Gasteiger partial charge >= 0.3 is 0 Å². The Morgan fingerprint density at radius 2 is 2.16 bits per heavy atom. The standard InChI is InChI=1S/C17H21N5O3/c1-12-18-6-3-15(20-12)25-13-4-8-21(9-5-13)16(23)14-11-19-22-7-2-10-24-17(14)22/h3,6,11,13H,2,4-5,7-10H2,1H3. The summed E-state index contributed by atoms with van der Waals surface area (Å²) in [5.74, 6) is 1.87. The molecule has 0 atom stereocenters. The molecule has 2 aliphatic rings. The summed E-state index contributed by atoms with van der Waals surface area (Å²) >= 11 is 0. The van der Waals surface area contributed by atoms with Gasteiger partial charge in [0.05, 0.1) is 12.8 Å². The van der Waals surface area contributed by atoms with Gasteiger partial charge in [0.25, 0.3) is 5.91 Å². The SMILES string of the molecule is Cc1nccc(OC2CCN(C(=O)c3cnn4c3OCCC4)CC2)n1. The molecule has 132 valence electrons. The fourth-order valence-corrected chi connectivity index (χ4v) is 3.23. The topological polar surface area (TPSA) is 82.4 Å². The number of likely N-dealkylation sites (tertiary alicyclic amines) is 1. The second kappa shape index (κ2) is 6.70. The zero-order chi connectivity index (χ0) is 17.2. The van der Waals surface area contributed by atoms with Crippen LogP contribution < -0.4 is 9.47 Å². The number of hydrogen-bond donors (Lipinski definition) is 0. The Morgan fingerprint density at radius 1 is 1.32 bits per heavy atom. The van der Waals surface area contributed by atoms with Gasteiger partial charge in [-0.1, -0.05) is 0 Å². The molecule has 0 unspecified atom stereocenters. The van der Waals surface area contributed by atoms with Crippen molar-refractivity contribution >= 4 is 5.91 Å². The number of amides is 1. The van der Waals surface area contributed by atoms with Gasteiger partial charge in [-0.2, -0.15) is 10.1 Å². The van der Waals surface area contributed by atoms with Crippen molar-refractivity contribution in [3.8, 4) is 11.8 Å². The summed E-state index contributed by atoms with van der Waals surface area (Å²) in [6, 6.07) is 1.76. The molecule has 2 aromatic heterocycles. The number of ether oxygens (including phenoxy) is 2. The average Bonchev–Trinajstić information content (AvgIpc) is 3.06. The average molecular weight is 343 g/mol. The third kappa shape index (κ3) is 3.29. The van der Waals surface area contributed by atoms with E-state index in [9.17, 15) is 4.79 Å². The number of aryl methyl sites for hydroxylation is 2. The second-order valence-corrected chi connectivity index (χ2v) is 6.34. The van der Waals surface area contributed by atoms with Crippen LogP contribution in [0.1, 0.15) is 35.4 Å². The van der Waals surface area contributed by atoms with E-state index >= 15 is 0 Å². The maximum atomic E-state index is 12.8. The first kappa shape index (κ1) is 15.9. The van der Waals surface area contributed by atoms with Gasteiger partial charge in [-0.25, -0.2) is 9.67 Å². The summed E-state index contributed by atoms with van der Waals surface area (Å²) < 4.78 is 13.3. The molecule has 0 aliphatic carbocycles. The van der Waals surface area contributed by atoms with Gasteiger partial charge in [0.15, 0.2) is 0 Å². The van der Waals surface area contributed by atoms with Crippen molar-refractivity contribution in [2.45, 2.75) is 38.8 Å². The first-order valence-electron chi connectivity index (χ1n) is 8.65. The summed E-state index contributed by atoms with van der Waals surface area (Å²) in [7, 11) is 0. The van der Waals surface area contributed by atoms with Crippen LogP contribution in [0.25, 0.3) is 0 Å². The maximum Gasteiger partial charge on any atom is 0.260 e. The van der Waals surface area contributed by atoms with Crippen molar-refractivity contribution in [2.75, 3.05) is 19.7 Å². The molecule has 2 aromatic rings. The highest BCUT2D eigenvalue weighted by Gasteiger charge is 2.29. The Labute approximate surface area is 145 Å². The van der Waals surface area contributed by atoms with E-state index in [1.54, 1.807) is 23.1 Å². The van der Waals surface area contributed by atoms with E-state index in [-0.39, 0.29) is 12.0 Å². The minimum atomic E-state index is -0.0144. The number of fused-ring (bicyclic) bond motifs is 1. The summed E-state index contributed by atoms with van der Waals surface area (Å²) in [5.41, 5.74) is 0.561. The van der Waals surface area contributed by atoms with Crippen molar-refractivity contribution in [1.82, 2.24) is 24.6 Å². The van der Waals surface area contributed by atoms with Crippen LogP contribution >= 0.6 is 0 Å². The van der Waals surface area contributed by atoms with Crippen LogP contribution in [0.5, 0.6) is 11.8 Å². The van der Waals surface area contributed by atoms with E-state index in [4.69, 9.17) is 9.47 Å². The molecule has 1 fully saturated rings. The molecule has 2 aliphatic heterocycles. The van der Waals surface area contributed by atoms with Gasteiger partial charge in [0.2, 0.25) is 11.8 Å². The molecule has 0 saturated carbocycles. The summed E-state index contributed by atoms with van der Waals surface area (Å²) in [6.07, 6.45) is 5.86. The Morgan fingerprint density at radius 3 is 2.96 bits per heavy atom. The van der Waals surface area contributed by atoms with Crippen molar-refractivity contribution in [3.63, 3.8) is 0 Å². The van der Waals surface area contributed by atoms with Crippen LogP contribution in [0.15, 0.2) is 18.5 Å². The first-order valence-corrected chi connectivity index (χ1v) is 8.65. The Hall–Kier alpha value is -2.64. The first-order chi connectivity index (χ1) is 12.2. The normalized spacial score (nSPS) is 17.7. The van der Waals surface area contributed by atoms with Crippen LogP contribution in [-0.4, -0.2) is 56.4 Å². The third-order valence-electron chi connectivity index (χ3n) is 4.54. The van der Waals surface area contributed by atoms with E-state index in [1.807, 2.05) is 11.8 Å². The Bertz CT molecular complexity index is 767. The lowest BCUT2D eigenvalue weighted by atomic mass is 10.1. The highest BCUT2D eigenvalue weighted by atomic mass is 16.5. The Kier molecular flexibility index (Phi) is 4.25. The second-order valence-electron chi connectivity index (χ2n) is 6.34. The van der Waals surface area contributed by atoms with Crippen LogP contribution in [0.2, 0.25) is 0 Å². The van der Waals surface area contributed by atoms with Crippen molar-refractivity contribution in [1.29, 1.82) is 0 Å². The lowest BCUT2D eigenvalue weighted by Crippen LogP contribution is -2.42. The minimum Gasteiger partial charge on any atom is -0.477 e. The molecule has 1 amide bonds. The van der Waals surface area contributed by atoms with Gasteiger partial charge < -0.3 is 14.4 Å². The molecule has 4 rings (SSSR count). The third-order valence-corrected chi connectivity index (χ3v) is 4.54. The van der Waals surface area contributed by atoms with Crippen LogP contribution in [0.3, 0.4) is 0 Å². The highest BCUT2D eigenvalue weighted by Crippen LogP contribution is 2.25. The number of hydrogen-bond acceptors (Lipinski definition) is 6. The van der Waals surface area contributed by atoms with Crippen molar-refractivity contribution in [3.05, 3.63) is 29.8 Å². The predicted octanol–water partition coefficient (Wildman–Crippen LogP) is 1.45. The molecular weight excluding hydrogens is 322 g/mol. The molecule has 0 aromatic carbocycles. The van der Waals surface area contributed by atoms with Gasteiger partial charge in [-0.15, -0.1) is 0 Å². The lowest BCUT2D eigenvalue weighted by molar-refractivity contribution is 0.0582. The molecule has 8 heteroatoms. The number of carbonyl (C=O) groups excluding carboxylic acids is 1. The minimum absolute atomic E-state index is 0.0144. The highest BCUT2D eigenvalue weighted by molar-refractivity contribution is 5.96. The quantitative estimate of drug-likeness (QED) is 0.839. The van der Waals surface area contributed by atoms with Crippen molar-refractivity contribution in [2.24, 2.45) is 0 Å². The fraction of sp³-hybridized carbons (Fsp3) is 0.529. The molecule has 4 heterocycles. The largest absolute Gasteiger partial charge is 0.477 e. The number of rotatable bonds is 3. The predicted molar refractivity (Wildman–Crippen MR) is 88.7 cm³/mol. The number of nitrogens with zero attached hydrogens (tertiary/aromatic N) is 5. The van der Waals surface area contributed by atoms with Gasteiger partial charge in [-0.3, -0.25) is 4.79 Å². The number of aromatic nitrogens is 4. The van der Waals surface area contributed by atoms with Crippen LogP contribution in [0, 0.1) is 6.92 Å². The fourth-order valence-electron chi connectivity index (χ4n) is 3.23. The Balaban J connectivity index is 1.37. The molecule has 1 saturated heterocycles. The zero-order valence-corrected chi connectivity index (χ0v) is 14.2. The van der Waals surface area contributed by atoms with E-state index in [0.29, 0.717) is 42.8 Å². The molecule has 0 N–H and O–H groups in total. The summed E-state index contributed by atoms with van der Waals surface area (Å²) in [6.45, 7) is 4.58. The molecule has 0 radical (unpaired) electrons. The lowest BCUT2D eigenvalue weighted by Gasteiger charge is -2.32. The molecule has 0 bridgehead atoms.